The van der Waals surface area contributed by atoms with Crippen molar-refractivity contribution in [3.63, 3.8) is 0 Å². The first kappa shape index (κ1) is 16.0. The molecule has 0 saturated heterocycles. The van der Waals surface area contributed by atoms with Crippen molar-refractivity contribution in [1.82, 2.24) is 20.6 Å². The molecule has 0 fully saturated rings. The second-order valence-electron chi connectivity index (χ2n) is 4.49. The van der Waals surface area contributed by atoms with Crippen molar-refractivity contribution < 1.29 is 19.4 Å². The van der Waals surface area contributed by atoms with Gasteiger partial charge in [-0.2, -0.15) is 0 Å². The van der Waals surface area contributed by atoms with E-state index in [-0.39, 0.29) is 12.5 Å². The van der Waals surface area contributed by atoms with Gasteiger partial charge in [-0.15, -0.1) is 0 Å². The van der Waals surface area contributed by atoms with Gasteiger partial charge in [0.25, 0.3) is 0 Å². The van der Waals surface area contributed by atoms with E-state index in [1.807, 2.05) is 13.8 Å². The van der Waals surface area contributed by atoms with Crippen LogP contribution >= 0.6 is 0 Å². The minimum absolute atomic E-state index is 0.0898. The molecular weight excluding hydrogens is 264 g/mol. The number of imidazole rings is 1. The average Bonchev–Trinajstić information content (AvgIpc) is 2.86. The molecule has 0 aliphatic rings. The fourth-order valence-corrected chi connectivity index (χ4v) is 1.48. The van der Waals surface area contributed by atoms with Crippen molar-refractivity contribution in [2.24, 2.45) is 0 Å². The molecule has 0 aliphatic heterocycles. The van der Waals surface area contributed by atoms with Crippen LogP contribution in [0, 0.1) is 0 Å². The van der Waals surface area contributed by atoms with E-state index in [1.165, 1.54) is 12.5 Å². The van der Waals surface area contributed by atoms with Crippen LogP contribution < -0.4 is 10.6 Å². The van der Waals surface area contributed by atoms with Crippen LogP contribution in [-0.4, -0.2) is 52.4 Å². The Hall–Kier alpha value is -2.09. The lowest BCUT2D eigenvalue weighted by Crippen LogP contribution is -2.47. The first-order chi connectivity index (χ1) is 9.49. The zero-order valence-corrected chi connectivity index (χ0v) is 11.5. The molecule has 0 saturated carbocycles. The molecule has 1 aromatic rings. The molecule has 1 rings (SSSR count). The van der Waals surface area contributed by atoms with Crippen LogP contribution in [0.4, 0.5) is 4.79 Å². The van der Waals surface area contributed by atoms with Gasteiger partial charge in [-0.25, -0.2) is 14.6 Å². The molecule has 0 aromatic carbocycles. The van der Waals surface area contributed by atoms with Gasteiger partial charge in [-0.3, -0.25) is 0 Å². The molecule has 1 unspecified atom stereocenters. The van der Waals surface area contributed by atoms with Gasteiger partial charge >= 0.3 is 12.0 Å². The first-order valence-electron chi connectivity index (χ1n) is 6.35. The summed E-state index contributed by atoms with van der Waals surface area (Å²) in [5.41, 5.74) is 0.640. The van der Waals surface area contributed by atoms with E-state index in [4.69, 9.17) is 9.84 Å². The Morgan fingerprint density at radius 2 is 2.25 bits per heavy atom. The van der Waals surface area contributed by atoms with Crippen molar-refractivity contribution in [2.75, 3.05) is 13.2 Å². The van der Waals surface area contributed by atoms with Crippen molar-refractivity contribution in [1.29, 1.82) is 0 Å². The van der Waals surface area contributed by atoms with Crippen LogP contribution in [0.2, 0.25) is 0 Å². The number of hydrogen-bond donors (Lipinski definition) is 4. The molecule has 1 atom stereocenters. The molecule has 1 aromatic heterocycles. The van der Waals surface area contributed by atoms with Gasteiger partial charge in [0.1, 0.15) is 6.04 Å². The molecule has 112 valence electrons. The van der Waals surface area contributed by atoms with E-state index in [0.29, 0.717) is 18.8 Å². The van der Waals surface area contributed by atoms with Gasteiger partial charge in [0.15, 0.2) is 0 Å². The molecule has 2 amide bonds. The predicted molar refractivity (Wildman–Crippen MR) is 71.3 cm³/mol. The van der Waals surface area contributed by atoms with Gasteiger partial charge in [-0.1, -0.05) is 0 Å². The van der Waals surface area contributed by atoms with Crippen molar-refractivity contribution in [3.05, 3.63) is 18.2 Å². The number of nitrogens with zero attached hydrogens (tertiary/aromatic N) is 1. The number of carbonyl (C=O) groups is 2. The summed E-state index contributed by atoms with van der Waals surface area (Å²) in [6.45, 7) is 4.49. The van der Waals surface area contributed by atoms with Crippen molar-refractivity contribution in [2.45, 2.75) is 32.4 Å². The Kier molecular flexibility index (Phi) is 6.51. The highest BCUT2D eigenvalue weighted by molar-refractivity contribution is 5.82. The average molecular weight is 284 g/mol. The zero-order valence-electron chi connectivity index (χ0n) is 11.5. The van der Waals surface area contributed by atoms with Gasteiger partial charge in [0.05, 0.1) is 19.0 Å². The van der Waals surface area contributed by atoms with Crippen LogP contribution in [-0.2, 0) is 16.0 Å². The lowest BCUT2D eigenvalue weighted by molar-refractivity contribution is -0.139. The third-order valence-corrected chi connectivity index (χ3v) is 2.42. The number of carboxylic acid groups (broad SMARTS) is 1. The standard InChI is InChI=1S/C12H20N4O4/c1-8(2)20-4-3-14-12(19)16-10(11(17)18)5-9-6-13-7-15-9/h6-8,10H,3-5H2,1-2H3,(H,13,15)(H,17,18)(H2,14,16,19). The largest absolute Gasteiger partial charge is 0.480 e. The normalized spacial score (nSPS) is 12.2. The summed E-state index contributed by atoms with van der Waals surface area (Å²) < 4.78 is 5.26. The molecule has 1 heterocycles. The van der Waals surface area contributed by atoms with E-state index in [2.05, 4.69) is 20.6 Å². The Bertz CT molecular complexity index is 419. The highest BCUT2D eigenvalue weighted by atomic mass is 16.5. The van der Waals surface area contributed by atoms with Crippen LogP contribution in [0.25, 0.3) is 0 Å². The number of carbonyl (C=O) groups excluding carboxylic acids is 1. The Morgan fingerprint density at radius 1 is 1.50 bits per heavy atom. The van der Waals surface area contributed by atoms with Gasteiger partial charge in [0.2, 0.25) is 0 Å². The number of aromatic nitrogens is 2. The lowest BCUT2D eigenvalue weighted by Gasteiger charge is -2.14. The summed E-state index contributed by atoms with van der Waals surface area (Å²) in [6.07, 6.45) is 3.21. The zero-order chi connectivity index (χ0) is 15.0. The second kappa shape index (κ2) is 8.16. The minimum atomic E-state index is -1.10. The SMILES string of the molecule is CC(C)OCCNC(=O)NC(Cc1cnc[nH]1)C(=O)O. The van der Waals surface area contributed by atoms with Crippen LogP contribution in [0.1, 0.15) is 19.5 Å². The predicted octanol–water partition coefficient (Wildman–Crippen LogP) is 0.130. The molecule has 0 bridgehead atoms. The molecule has 0 radical (unpaired) electrons. The monoisotopic (exact) mass is 284 g/mol. The van der Waals surface area contributed by atoms with Gasteiger partial charge < -0.3 is 25.5 Å². The molecule has 8 heteroatoms. The third kappa shape index (κ3) is 6.19. The summed E-state index contributed by atoms with van der Waals surface area (Å²) in [7, 11) is 0. The fraction of sp³-hybridized carbons (Fsp3) is 0.583. The van der Waals surface area contributed by atoms with E-state index >= 15 is 0 Å². The summed E-state index contributed by atoms with van der Waals surface area (Å²) >= 11 is 0. The maximum atomic E-state index is 11.6. The maximum Gasteiger partial charge on any atom is 0.326 e. The molecule has 0 aliphatic carbocycles. The topological polar surface area (TPSA) is 116 Å². The number of nitrogens with one attached hydrogen (secondary N) is 3. The number of aliphatic carboxylic acids is 1. The van der Waals surface area contributed by atoms with Crippen LogP contribution in [0.15, 0.2) is 12.5 Å². The van der Waals surface area contributed by atoms with Gasteiger partial charge in [-0.05, 0) is 13.8 Å². The van der Waals surface area contributed by atoms with Crippen LogP contribution in [0.3, 0.4) is 0 Å². The quantitative estimate of drug-likeness (QED) is 0.506. The summed E-state index contributed by atoms with van der Waals surface area (Å²) in [4.78, 5) is 29.2. The Morgan fingerprint density at radius 3 is 2.80 bits per heavy atom. The van der Waals surface area contributed by atoms with Crippen molar-refractivity contribution >= 4 is 12.0 Å². The molecule has 20 heavy (non-hydrogen) atoms. The van der Waals surface area contributed by atoms with E-state index in [9.17, 15) is 9.59 Å². The molecular formula is C12H20N4O4. The van der Waals surface area contributed by atoms with Gasteiger partial charge in [0, 0.05) is 24.9 Å². The van der Waals surface area contributed by atoms with E-state index in [0.717, 1.165) is 0 Å². The number of ether oxygens (including phenoxy) is 1. The summed E-state index contributed by atoms with van der Waals surface area (Å²) in [5.74, 6) is -1.10. The summed E-state index contributed by atoms with van der Waals surface area (Å²) in [5, 5.41) is 14.0. The van der Waals surface area contributed by atoms with Crippen molar-refractivity contribution in [3.8, 4) is 0 Å². The minimum Gasteiger partial charge on any atom is -0.480 e. The molecule has 4 N–H and O–H groups in total. The van der Waals surface area contributed by atoms with E-state index < -0.39 is 18.0 Å². The highest BCUT2D eigenvalue weighted by Crippen LogP contribution is 1.98. The van der Waals surface area contributed by atoms with Crippen LogP contribution in [0.5, 0.6) is 0 Å². The highest BCUT2D eigenvalue weighted by Gasteiger charge is 2.20. The number of hydrogen-bond acceptors (Lipinski definition) is 4. The number of carboxylic acids is 1. The van der Waals surface area contributed by atoms with E-state index in [1.54, 1.807) is 0 Å². The maximum absolute atomic E-state index is 11.6. The fourth-order valence-electron chi connectivity index (χ4n) is 1.48. The number of rotatable bonds is 8. The Labute approximate surface area is 116 Å². The second-order valence-corrected chi connectivity index (χ2v) is 4.49. The molecule has 8 nitrogen and oxygen atoms in total. The number of aromatic amines is 1. The first-order valence-corrected chi connectivity index (χ1v) is 6.35. The number of H-pyrrole nitrogens is 1. The number of urea groups is 1. The number of amides is 2. The Balaban J connectivity index is 2.34. The third-order valence-electron chi connectivity index (χ3n) is 2.42. The lowest BCUT2D eigenvalue weighted by atomic mass is 10.2. The molecule has 0 spiro atoms. The smallest absolute Gasteiger partial charge is 0.326 e. The summed E-state index contributed by atoms with van der Waals surface area (Å²) in [6, 6.07) is -1.55.